The molecule has 1 aliphatic carbocycles. The van der Waals surface area contributed by atoms with Gasteiger partial charge in [0.25, 0.3) is 0 Å². The Bertz CT molecular complexity index is 1540. The highest BCUT2D eigenvalue weighted by atomic mass is 16.6. The van der Waals surface area contributed by atoms with E-state index in [1.165, 1.54) is 7.11 Å². The van der Waals surface area contributed by atoms with Crippen molar-refractivity contribution in [3.8, 4) is 22.6 Å². The van der Waals surface area contributed by atoms with Gasteiger partial charge in [-0.25, -0.2) is 9.59 Å². The fourth-order valence-electron chi connectivity index (χ4n) is 5.63. The summed E-state index contributed by atoms with van der Waals surface area (Å²) >= 11 is 0. The van der Waals surface area contributed by atoms with Crippen LogP contribution in [0.3, 0.4) is 0 Å². The molecule has 1 aliphatic rings. The zero-order chi connectivity index (χ0) is 31.8. The van der Waals surface area contributed by atoms with Crippen LogP contribution in [0.4, 0.5) is 4.79 Å². The third kappa shape index (κ3) is 7.26. The van der Waals surface area contributed by atoms with Crippen molar-refractivity contribution >= 4 is 18.0 Å². The van der Waals surface area contributed by atoms with Gasteiger partial charge in [-0.1, -0.05) is 72.8 Å². The molecule has 4 aromatic rings. The molecule has 0 fully saturated rings. The SMILES string of the molecule is COC(=O)[C@H](CCC(=O)NC(c1ccc(OC)cc1)c1ccc(OC)cc1)NC(=O)OCC1c2ccccc2-c2ccccc21. The lowest BCUT2D eigenvalue weighted by atomic mass is 9.98. The lowest BCUT2D eigenvalue weighted by Crippen LogP contribution is -2.43. The zero-order valence-corrected chi connectivity index (χ0v) is 25.4. The maximum absolute atomic E-state index is 13.2. The topological polar surface area (TPSA) is 112 Å². The summed E-state index contributed by atoms with van der Waals surface area (Å²) in [6, 6.07) is 29.3. The summed E-state index contributed by atoms with van der Waals surface area (Å²) in [6.07, 6.45) is -0.797. The number of nitrogens with one attached hydrogen (secondary N) is 2. The Morgan fingerprint density at radius 3 is 1.69 bits per heavy atom. The van der Waals surface area contributed by atoms with Gasteiger partial charge in [0.1, 0.15) is 24.1 Å². The number of alkyl carbamates (subject to hydrolysis) is 1. The molecule has 0 spiro atoms. The number of methoxy groups -OCH3 is 3. The molecule has 0 radical (unpaired) electrons. The van der Waals surface area contributed by atoms with Crippen LogP contribution in [0.15, 0.2) is 97.1 Å². The molecule has 1 atom stereocenters. The van der Waals surface area contributed by atoms with Crippen LogP contribution in [0, 0.1) is 0 Å². The van der Waals surface area contributed by atoms with Gasteiger partial charge in [0.2, 0.25) is 5.91 Å². The molecule has 2 amide bonds. The molecule has 0 saturated heterocycles. The van der Waals surface area contributed by atoms with Gasteiger partial charge < -0.3 is 29.6 Å². The van der Waals surface area contributed by atoms with Gasteiger partial charge in [0.05, 0.1) is 27.4 Å². The Kier molecular flexibility index (Phi) is 9.99. The first-order valence-electron chi connectivity index (χ1n) is 14.7. The van der Waals surface area contributed by atoms with Gasteiger partial charge in [0.15, 0.2) is 0 Å². The first kappa shape index (κ1) is 31.1. The van der Waals surface area contributed by atoms with E-state index in [1.807, 2.05) is 84.9 Å². The van der Waals surface area contributed by atoms with Crippen molar-refractivity contribution in [1.29, 1.82) is 0 Å². The summed E-state index contributed by atoms with van der Waals surface area (Å²) in [7, 11) is 4.41. The number of hydrogen-bond acceptors (Lipinski definition) is 7. The summed E-state index contributed by atoms with van der Waals surface area (Å²) in [6.45, 7) is 0.0969. The summed E-state index contributed by atoms with van der Waals surface area (Å²) in [4.78, 5) is 38.7. The molecule has 0 saturated carbocycles. The number of benzene rings is 4. The van der Waals surface area contributed by atoms with Crippen LogP contribution in [0.1, 0.15) is 47.1 Å². The van der Waals surface area contributed by atoms with E-state index in [4.69, 9.17) is 18.9 Å². The molecule has 0 heterocycles. The molecule has 0 unspecified atom stereocenters. The minimum Gasteiger partial charge on any atom is -0.497 e. The minimum absolute atomic E-state index is 0.0145. The second kappa shape index (κ2) is 14.4. The standard InChI is InChI=1S/C36H36N2O7/c1-42-25-16-12-23(13-17-25)34(24-14-18-26(43-2)19-15-24)38-33(39)21-20-32(35(40)44-3)37-36(41)45-22-31-29-10-6-4-8-27(29)28-9-5-7-11-30(28)31/h4-19,31-32,34H,20-22H2,1-3H3,(H,37,41)(H,38,39)/t32-/m0/s1. The molecule has 4 aromatic carbocycles. The Morgan fingerprint density at radius 2 is 1.20 bits per heavy atom. The fourth-order valence-corrected chi connectivity index (χ4v) is 5.63. The lowest BCUT2D eigenvalue weighted by molar-refractivity contribution is -0.143. The first-order valence-corrected chi connectivity index (χ1v) is 14.7. The molecular weight excluding hydrogens is 572 g/mol. The molecule has 2 N–H and O–H groups in total. The molecule has 9 nitrogen and oxygen atoms in total. The number of fused-ring (bicyclic) bond motifs is 3. The van der Waals surface area contributed by atoms with Gasteiger partial charge in [-0.3, -0.25) is 4.79 Å². The summed E-state index contributed by atoms with van der Waals surface area (Å²) in [5.74, 6) is 0.281. The maximum atomic E-state index is 13.2. The number of ether oxygens (including phenoxy) is 4. The second-order valence-electron chi connectivity index (χ2n) is 10.6. The zero-order valence-electron chi connectivity index (χ0n) is 25.4. The van der Waals surface area contributed by atoms with Crippen LogP contribution in [0.5, 0.6) is 11.5 Å². The van der Waals surface area contributed by atoms with Crippen molar-refractivity contribution in [2.45, 2.75) is 30.8 Å². The van der Waals surface area contributed by atoms with Gasteiger partial charge in [-0.05, 0) is 64.1 Å². The Balaban J connectivity index is 1.22. The number of amides is 2. The largest absolute Gasteiger partial charge is 0.497 e. The van der Waals surface area contributed by atoms with Crippen LogP contribution < -0.4 is 20.1 Å². The van der Waals surface area contributed by atoms with Gasteiger partial charge in [-0.15, -0.1) is 0 Å². The molecule has 0 aromatic heterocycles. The molecule has 45 heavy (non-hydrogen) atoms. The number of esters is 1. The van der Waals surface area contributed by atoms with E-state index >= 15 is 0 Å². The maximum Gasteiger partial charge on any atom is 0.407 e. The summed E-state index contributed by atoms with van der Waals surface area (Å²) in [5.41, 5.74) is 6.07. The monoisotopic (exact) mass is 608 g/mol. The average Bonchev–Trinajstić information content (AvgIpc) is 3.41. The average molecular weight is 609 g/mol. The second-order valence-corrected chi connectivity index (χ2v) is 10.6. The summed E-state index contributed by atoms with van der Waals surface area (Å²) in [5, 5.41) is 5.65. The number of carbonyl (C=O) groups excluding carboxylic acids is 3. The third-order valence-corrected chi connectivity index (χ3v) is 7.99. The summed E-state index contributed by atoms with van der Waals surface area (Å²) < 4.78 is 21.1. The first-order chi connectivity index (χ1) is 21.9. The van der Waals surface area contributed by atoms with Crippen molar-refractivity contribution in [2.75, 3.05) is 27.9 Å². The minimum atomic E-state index is -1.07. The van der Waals surface area contributed by atoms with E-state index in [0.29, 0.717) is 11.5 Å². The van der Waals surface area contributed by atoms with Gasteiger partial charge >= 0.3 is 12.1 Å². The Hall–Kier alpha value is -5.31. The quantitative estimate of drug-likeness (QED) is 0.197. The van der Waals surface area contributed by atoms with Crippen molar-refractivity contribution in [3.63, 3.8) is 0 Å². The van der Waals surface area contributed by atoms with Crippen LogP contribution in [-0.2, 0) is 19.1 Å². The molecule has 232 valence electrons. The van der Waals surface area contributed by atoms with E-state index in [9.17, 15) is 14.4 Å². The predicted octanol–water partition coefficient (Wildman–Crippen LogP) is 5.77. The van der Waals surface area contributed by atoms with E-state index in [-0.39, 0.29) is 31.3 Å². The Morgan fingerprint density at radius 1 is 0.689 bits per heavy atom. The van der Waals surface area contributed by atoms with Crippen molar-refractivity contribution < 1.29 is 33.3 Å². The Labute approximate surface area is 262 Å². The number of rotatable bonds is 12. The van der Waals surface area contributed by atoms with E-state index < -0.39 is 24.1 Å². The molecule has 9 heteroatoms. The number of hydrogen-bond donors (Lipinski definition) is 2. The fraction of sp³-hybridized carbons (Fsp3) is 0.250. The highest BCUT2D eigenvalue weighted by Gasteiger charge is 2.30. The lowest BCUT2D eigenvalue weighted by Gasteiger charge is -2.22. The van der Waals surface area contributed by atoms with Crippen molar-refractivity contribution in [2.24, 2.45) is 0 Å². The van der Waals surface area contributed by atoms with Crippen LogP contribution >= 0.6 is 0 Å². The van der Waals surface area contributed by atoms with E-state index in [1.54, 1.807) is 14.2 Å². The molecule has 0 aliphatic heterocycles. The number of carbonyl (C=O) groups is 3. The van der Waals surface area contributed by atoms with Crippen LogP contribution in [-0.4, -0.2) is 51.9 Å². The predicted molar refractivity (Wildman–Crippen MR) is 169 cm³/mol. The van der Waals surface area contributed by atoms with Crippen LogP contribution in [0.2, 0.25) is 0 Å². The highest BCUT2D eigenvalue weighted by Crippen LogP contribution is 2.44. The van der Waals surface area contributed by atoms with Crippen molar-refractivity contribution in [1.82, 2.24) is 10.6 Å². The third-order valence-electron chi connectivity index (χ3n) is 7.99. The normalized spacial score (nSPS) is 12.4. The van der Waals surface area contributed by atoms with Gasteiger partial charge in [-0.2, -0.15) is 0 Å². The molecular formula is C36H36N2O7. The molecule has 5 rings (SSSR count). The van der Waals surface area contributed by atoms with Crippen LogP contribution in [0.25, 0.3) is 11.1 Å². The van der Waals surface area contributed by atoms with E-state index in [0.717, 1.165) is 33.4 Å². The van der Waals surface area contributed by atoms with E-state index in [2.05, 4.69) is 22.8 Å². The highest BCUT2D eigenvalue weighted by molar-refractivity contribution is 5.83. The smallest absolute Gasteiger partial charge is 0.407 e. The van der Waals surface area contributed by atoms with Crippen molar-refractivity contribution in [3.05, 3.63) is 119 Å². The molecule has 0 bridgehead atoms. The van der Waals surface area contributed by atoms with Gasteiger partial charge in [0, 0.05) is 12.3 Å².